The molecule has 0 aromatic heterocycles. The summed E-state index contributed by atoms with van der Waals surface area (Å²) >= 11 is 3.18. The van der Waals surface area contributed by atoms with Gasteiger partial charge in [-0.15, -0.1) is 0 Å². The van der Waals surface area contributed by atoms with Gasteiger partial charge in [-0.1, -0.05) is 6.07 Å². The molecule has 0 spiro atoms. The van der Waals surface area contributed by atoms with Crippen molar-refractivity contribution in [1.29, 1.82) is 0 Å². The largest absolute Gasteiger partial charge is 0.393 e. The fraction of sp³-hybridized carbons (Fsp3) is 0.462. The van der Waals surface area contributed by atoms with E-state index in [1.54, 1.807) is 12.1 Å². The molecule has 0 unspecified atom stereocenters. The van der Waals surface area contributed by atoms with Gasteiger partial charge >= 0.3 is 0 Å². The SMILES string of the molecule is O=C(NC1CCC(O)CC1)c1c(F)cccc1Br. The van der Waals surface area contributed by atoms with Crippen LogP contribution in [0.5, 0.6) is 0 Å². The minimum Gasteiger partial charge on any atom is -0.393 e. The zero-order chi connectivity index (χ0) is 13.1. The molecule has 0 bridgehead atoms. The van der Waals surface area contributed by atoms with Gasteiger partial charge in [0.05, 0.1) is 11.7 Å². The molecule has 2 N–H and O–H groups in total. The highest BCUT2D eigenvalue weighted by Crippen LogP contribution is 2.22. The molecule has 98 valence electrons. The Kier molecular flexibility index (Phi) is 4.35. The Morgan fingerprint density at radius 3 is 2.61 bits per heavy atom. The van der Waals surface area contributed by atoms with E-state index >= 15 is 0 Å². The Bertz CT molecular complexity index is 424. The Morgan fingerprint density at radius 2 is 2.00 bits per heavy atom. The molecule has 1 aliphatic rings. The topological polar surface area (TPSA) is 49.3 Å². The van der Waals surface area contributed by atoms with Crippen LogP contribution in [0.25, 0.3) is 0 Å². The summed E-state index contributed by atoms with van der Waals surface area (Å²) in [5.41, 5.74) is 0.0450. The average molecular weight is 316 g/mol. The predicted molar refractivity (Wildman–Crippen MR) is 69.8 cm³/mol. The van der Waals surface area contributed by atoms with Crippen LogP contribution < -0.4 is 5.32 Å². The molecule has 0 saturated heterocycles. The molecule has 0 aliphatic heterocycles. The zero-order valence-electron chi connectivity index (χ0n) is 9.83. The maximum absolute atomic E-state index is 13.6. The average Bonchev–Trinajstić information content (AvgIpc) is 2.32. The van der Waals surface area contributed by atoms with Gasteiger partial charge in [-0.25, -0.2) is 4.39 Å². The number of carbonyl (C=O) groups excluding carboxylic acids is 1. The fourth-order valence-electron chi connectivity index (χ4n) is 2.19. The number of halogens is 2. The quantitative estimate of drug-likeness (QED) is 0.881. The van der Waals surface area contributed by atoms with E-state index < -0.39 is 11.7 Å². The van der Waals surface area contributed by atoms with E-state index in [0.29, 0.717) is 17.3 Å². The Morgan fingerprint density at radius 1 is 1.33 bits per heavy atom. The first-order valence-electron chi connectivity index (χ1n) is 6.01. The van der Waals surface area contributed by atoms with Crippen molar-refractivity contribution in [2.24, 2.45) is 0 Å². The number of nitrogens with one attached hydrogen (secondary N) is 1. The zero-order valence-corrected chi connectivity index (χ0v) is 11.4. The van der Waals surface area contributed by atoms with Crippen LogP contribution in [0, 0.1) is 5.82 Å². The molecule has 0 heterocycles. The first-order valence-corrected chi connectivity index (χ1v) is 6.80. The van der Waals surface area contributed by atoms with Gasteiger partial charge in [-0.2, -0.15) is 0 Å². The highest BCUT2D eigenvalue weighted by Gasteiger charge is 2.23. The minimum absolute atomic E-state index is 0.0207. The monoisotopic (exact) mass is 315 g/mol. The van der Waals surface area contributed by atoms with Gasteiger partial charge < -0.3 is 10.4 Å². The van der Waals surface area contributed by atoms with Crippen LogP contribution in [0.4, 0.5) is 4.39 Å². The number of hydrogen-bond acceptors (Lipinski definition) is 2. The standard InChI is InChI=1S/C13H15BrFNO2/c14-10-2-1-3-11(15)12(10)13(18)16-8-4-6-9(17)7-5-8/h1-3,8-9,17H,4-7H2,(H,16,18). The van der Waals surface area contributed by atoms with Crippen LogP contribution in [0.2, 0.25) is 0 Å². The fourth-order valence-corrected chi connectivity index (χ4v) is 2.71. The molecular weight excluding hydrogens is 301 g/mol. The molecule has 1 aromatic carbocycles. The summed E-state index contributed by atoms with van der Waals surface area (Å²) in [5.74, 6) is -0.931. The predicted octanol–water partition coefficient (Wildman–Crippen LogP) is 2.62. The molecule has 0 atom stereocenters. The summed E-state index contributed by atoms with van der Waals surface area (Å²) in [5, 5.41) is 12.2. The molecule has 1 amide bonds. The van der Waals surface area contributed by atoms with Gasteiger partial charge in [0.2, 0.25) is 0 Å². The number of amides is 1. The summed E-state index contributed by atoms with van der Waals surface area (Å²) in [4.78, 5) is 12.0. The van der Waals surface area contributed by atoms with Gasteiger partial charge in [0.15, 0.2) is 0 Å². The van der Waals surface area contributed by atoms with Gasteiger partial charge in [-0.05, 0) is 53.7 Å². The third-order valence-corrected chi connectivity index (χ3v) is 3.88. The first-order chi connectivity index (χ1) is 8.58. The van der Waals surface area contributed by atoms with Gasteiger partial charge in [0, 0.05) is 10.5 Å². The molecule has 18 heavy (non-hydrogen) atoms. The van der Waals surface area contributed by atoms with E-state index in [1.165, 1.54) is 6.07 Å². The van der Waals surface area contributed by atoms with E-state index in [0.717, 1.165) is 12.8 Å². The lowest BCUT2D eigenvalue weighted by atomic mass is 9.93. The number of aliphatic hydroxyl groups excluding tert-OH is 1. The van der Waals surface area contributed by atoms with Crippen molar-refractivity contribution < 1.29 is 14.3 Å². The summed E-state index contributed by atoms with van der Waals surface area (Å²) < 4.78 is 14.0. The summed E-state index contributed by atoms with van der Waals surface area (Å²) in [6, 6.07) is 4.48. The van der Waals surface area contributed by atoms with Crippen LogP contribution in [-0.4, -0.2) is 23.2 Å². The summed E-state index contributed by atoms with van der Waals surface area (Å²) in [6.07, 6.45) is 2.57. The molecule has 1 aromatic rings. The molecule has 1 fully saturated rings. The Hall–Kier alpha value is -0.940. The Balaban J connectivity index is 2.04. The number of rotatable bonds is 2. The number of aliphatic hydroxyl groups is 1. The minimum atomic E-state index is -0.530. The second-order valence-corrected chi connectivity index (χ2v) is 5.43. The lowest BCUT2D eigenvalue weighted by Gasteiger charge is -2.26. The molecule has 5 heteroatoms. The lowest BCUT2D eigenvalue weighted by molar-refractivity contribution is 0.0863. The van der Waals surface area contributed by atoms with Crippen LogP contribution >= 0.6 is 15.9 Å². The van der Waals surface area contributed by atoms with Crippen LogP contribution in [0.3, 0.4) is 0 Å². The van der Waals surface area contributed by atoms with Gasteiger partial charge in [0.1, 0.15) is 5.82 Å². The van der Waals surface area contributed by atoms with Crippen LogP contribution in [0.1, 0.15) is 36.0 Å². The highest BCUT2D eigenvalue weighted by atomic mass is 79.9. The third-order valence-electron chi connectivity index (χ3n) is 3.22. The number of benzene rings is 1. The van der Waals surface area contributed by atoms with Crippen molar-refractivity contribution in [3.05, 3.63) is 34.1 Å². The smallest absolute Gasteiger partial charge is 0.255 e. The van der Waals surface area contributed by atoms with Crippen molar-refractivity contribution in [3.8, 4) is 0 Å². The normalized spacial score (nSPS) is 23.7. The molecular formula is C13H15BrFNO2. The molecule has 3 nitrogen and oxygen atoms in total. The van der Waals surface area contributed by atoms with Crippen molar-refractivity contribution in [1.82, 2.24) is 5.32 Å². The lowest BCUT2D eigenvalue weighted by Crippen LogP contribution is -2.39. The van der Waals surface area contributed by atoms with E-state index in [2.05, 4.69) is 21.2 Å². The van der Waals surface area contributed by atoms with Crippen molar-refractivity contribution in [3.63, 3.8) is 0 Å². The number of carbonyl (C=O) groups is 1. The summed E-state index contributed by atoms with van der Waals surface area (Å²) in [7, 11) is 0. The first kappa shape index (κ1) is 13.5. The second kappa shape index (κ2) is 5.80. The molecule has 1 saturated carbocycles. The second-order valence-electron chi connectivity index (χ2n) is 4.58. The van der Waals surface area contributed by atoms with E-state index in [4.69, 9.17) is 0 Å². The van der Waals surface area contributed by atoms with Crippen LogP contribution in [0.15, 0.2) is 22.7 Å². The molecule has 2 rings (SSSR count). The highest BCUT2D eigenvalue weighted by molar-refractivity contribution is 9.10. The maximum atomic E-state index is 13.6. The van der Waals surface area contributed by atoms with Gasteiger partial charge in [0.25, 0.3) is 5.91 Å². The van der Waals surface area contributed by atoms with Crippen LogP contribution in [-0.2, 0) is 0 Å². The maximum Gasteiger partial charge on any atom is 0.255 e. The Labute approximate surface area is 114 Å². The van der Waals surface area contributed by atoms with E-state index in [-0.39, 0.29) is 17.7 Å². The van der Waals surface area contributed by atoms with Crippen molar-refractivity contribution in [2.45, 2.75) is 37.8 Å². The van der Waals surface area contributed by atoms with Crippen molar-refractivity contribution >= 4 is 21.8 Å². The van der Waals surface area contributed by atoms with Gasteiger partial charge in [-0.3, -0.25) is 4.79 Å². The van der Waals surface area contributed by atoms with E-state index in [9.17, 15) is 14.3 Å². The summed E-state index contributed by atoms with van der Waals surface area (Å²) in [6.45, 7) is 0. The van der Waals surface area contributed by atoms with Crippen molar-refractivity contribution in [2.75, 3.05) is 0 Å². The van der Waals surface area contributed by atoms with E-state index in [1.807, 2.05) is 0 Å². The third kappa shape index (κ3) is 3.09. The number of hydrogen-bond donors (Lipinski definition) is 2. The molecule has 1 aliphatic carbocycles. The molecule has 0 radical (unpaired) electrons.